The van der Waals surface area contributed by atoms with E-state index >= 15 is 0 Å². The van der Waals surface area contributed by atoms with E-state index in [1.54, 1.807) is 36.4 Å². The van der Waals surface area contributed by atoms with Crippen LogP contribution in [-0.2, 0) is 0 Å². The van der Waals surface area contributed by atoms with Crippen molar-refractivity contribution in [1.29, 1.82) is 0 Å². The van der Waals surface area contributed by atoms with Crippen LogP contribution in [0, 0.1) is 0 Å². The molecule has 15 heavy (non-hydrogen) atoms. The predicted octanol–water partition coefficient (Wildman–Crippen LogP) is 3.67. The Labute approximate surface area is 89.5 Å². The number of hydrogen-bond donors (Lipinski definition) is 0. The van der Waals surface area contributed by atoms with Crippen molar-refractivity contribution in [1.82, 2.24) is 0 Å². The highest BCUT2D eigenvalue weighted by Crippen LogP contribution is 2.38. The second kappa shape index (κ2) is 4.90. The molecule has 0 amide bonds. The number of hydrogen-bond acceptors (Lipinski definition) is 1. The molecule has 0 radical (unpaired) electrons. The Hall–Kier alpha value is -1.40. The van der Waals surface area contributed by atoms with E-state index in [4.69, 9.17) is 4.52 Å². The van der Waals surface area contributed by atoms with Crippen LogP contribution in [-0.4, -0.2) is 0 Å². The lowest BCUT2D eigenvalue weighted by Gasteiger charge is -2.09. The van der Waals surface area contributed by atoms with Crippen molar-refractivity contribution in [2.24, 2.45) is 0 Å². The monoisotopic (exact) mass is 220 g/mol. The molecule has 0 heterocycles. The van der Waals surface area contributed by atoms with Crippen molar-refractivity contribution < 1.29 is 8.72 Å². The zero-order valence-corrected chi connectivity index (χ0v) is 8.90. The Balaban J connectivity index is 2.08. The first-order chi connectivity index (χ1) is 7.36. The van der Waals surface area contributed by atoms with Crippen LogP contribution in [0.4, 0.5) is 4.20 Å². The van der Waals surface area contributed by atoms with E-state index in [1.165, 1.54) is 0 Å². The highest BCUT2D eigenvalue weighted by molar-refractivity contribution is 7.55. The summed E-state index contributed by atoms with van der Waals surface area (Å²) < 4.78 is 18.9. The molecule has 76 valence electrons. The fourth-order valence-corrected chi connectivity index (χ4v) is 1.99. The quantitative estimate of drug-likeness (QED) is 0.717. The third-order valence-corrected chi connectivity index (χ3v) is 2.96. The second-order valence-electron chi connectivity index (χ2n) is 2.98. The topological polar surface area (TPSA) is 9.23 Å². The lowest BCUT2D eigenvalue weighted by molar-refractivity contribution is 0.576. The molecule has 0 saturated carbocycles. The van der Waals surface area contributed by atoms with Crippen molar-refractivity contribution in [2.45, 2.75) is 0 Å². The summed E-state index contributed by atoms with van der Waals surface area (Å²) in [5.74, 6) is 0.565. The van der Waals surface area contributed by atoms with Gasteiger partial charge in [-0.2, -0.15) is 4.20 Å². The Kier molecular flexibility index (Phi) is 3.31. The molecule has 1 unspecified atom stereocenters. The van der Waals surface area contributed by atoms with Crippen molar-refractivity contribution in [3.8, 4) is 5.75 Å². The summed E-state index contributed by atoms with van der Waals surface area (Å²) in [4.78, 5) is 0. The van der Waals surface area contributed by atoms with Crippen molar-refractivity contribution in [2.75, 3.05) is 0 Å². The summed E-state index contributed by atoms with van der Waals surface area (Å²) in [5.41, 5.74) is 0. The molecular formula is C12H10FOP. The first-order valence-corrected chi connectivity index (χ1v) is 5.75. The largest absolute Gasteiger partial charge is 0.441 e. The molecule has 0 N–H and O–H groups in total. The maximum absolute atomic E-state index is 13.7. The fraction of sp³-hybridized carbons (Fsp3) is 0. The van der Waals surface area contributed by atoms with Crippen LogP contribution in [0.5, 0.6) is 5.75 Å². The first kappa shape index (κ1) is 10.1. The van der Waals surface area contributed by atoms with E-state index in [9.17, 15) is 4.20 Å². The van der Waals surface area contributed by atoms with E-state index in [-0.39, 0.29) is 0 Å². The Morgan fingerprint density at radius 1 is 0.800 bits per heavy atom. The van der Waals surface area contributed by atoms with Crippen LogP contribution in [0.25, 0.3) is 0 Å². The van der Waals surface area contributed by atoms with E-state index in [1.807, 2.05) is 24.3 Å². The van der Waals surface area contributed by atoms with Gasteiger partial charge < -0.3 is 4.52 Å². The fourth-order valence-electron chi connectivity index (χ4n) is 1.17. The number of para-hydroxylation sites is 1. The SMILES string of the molecule is FP(Oc1ccccc1)c1ccccc1. The molecule has 3 heteroatoms. The molecule has 0 aromatic heterocycles. The summed E-state index contributed by atoms with van der Waals surface area (Å²) in [6.07, 6.45) is 0. The lowest BCUT2D eigenvalue weighted by atomic mass is 10.3. The van der Waals surface area contributed by atoms with Gasteiger partial charge in [0, 0.05) is 5.30 Å². The van der Waals surface area contributed by atoms with E-state index in [0.29, 0.717) is 11.1 Å². The first-order valence-electron chi connectivity index (χ1n) is 4.60. The molecule has 2 aromatic rings. The summed E-state index contributed by atoms with van der Waals surface area (Å²) >= 11 is 0. The maximum Gasteiger partial charge on any atom is 0.309 e. The van der Waals surface area contributed by atoms with Crippen LogP contribution in [0.15, 0.2) is 60.7 Å². The van der Waals surface area contributed by atoms with E-state index in [2.05, 4.69) is 0 Å². The van der Waals surface area contributed by atoms with Gasteiger partial charge in [0.05, 0.1) is 0 Å². The molecule has 2 aromatic carbocycles. The average molecular weight is 220 g/mol. The molecule has 0 spiro atoms. The predicted molar refractivity (Wildman–Crippen MR) is 61.2 cm³/mol. The third kappa shape index (κ3) is 2.77. The zero-order valence-electron chi connectivity index (χ0n) is 8.01. The van der Waals surface area contributed by atoms with E-state index < -0.39 is 8.46 Å². The maximum atomic E-state index is 13.7. The van der Waals surface area contributed by atoms with Gasteiger partial charge in [0.15, 0.2) is 0 Å². The van der Waals surface area contributed by atoms with Crippen LogP contribution in [0.3, 0.4) is 0 Å². The van der Waals surface area contributed by atoms with Crippen LogP contribution < -0.4 is 9.83 Å². The summed E-state index contributed by atoms with van der Waals surface area (Å²) in [6.45, 7) is 0. The van der Waals surface area contributed by atoms with Gasteiger partial charge in [-0.25, -0.2) is 0 Å². The van der Waals surface area contributed by atoms with Crippen molar-refractivity contribution >= 4 is 13.8 Å². The molecular weight excluding hydrogens is 210 g/mol. The standard InChI is InChI=1S/C12H10FOP/c13-15(12-9-5-2-6-10-12)14-11-7-3-1-4-8-11/h1-10H. The third-order valence-electron chi connectivity index (χ3n) is 1.89. The highest BCUT2D eigenvalue weighted by Gasteiger charge is 2.11. The van der Waals surface area contributed by atoms with Crippen molar-refractivity contribution in [3.63, 3.8) is 0 Å². The van der Waals surface area contributed by atoms with Gasteiger partial charge in [-0.05, 0) is 24.3 Å². The Bertz CT molecular complexity index is 404. The number of benzene rings is 2. The molecule has 0 fully saturated rings. The van der Waals surface area contributed by atoms with Crippen LogP contribution >= 0.6 is 8.46 Å². The molecule has 1 atom stereocenters. The molecule has 1 nitrogen and oxygen atoms in total. The van der Waals surface area contributed by atoms with Gasteiger partial charge in [0.1, 0.15) is 5.75 Å². The average Bonchev–Trinajstić information content (AvgIpc) is 2.31. The normalized spacial score (nSPS) is 12.1. The molecule has 0 aliphatic rings. The Morgan fingerprint density at radius 2 is 1.33 bits per heavy atom. The minimum atomic E-state index is -2.05. The van der Waals surface area contributed by atoms with Crippen LogP contribution in [0.2, 0.25) is 0 Å². The summed E-state index contributed by atoms with van der Waals surface area (Å²) in [6, 6.07) is 17.9. The summed E-state index contributed by atoms with van der Waals surface area (Å²) in [5, 5.41) is 0.594. The molecule has 0 saturated heterocycles. The van der Waals surface area contributed by atoms with Gasteiger partial charge in [-0.3, -0.25) is 0 Å². The van der Waals surface area contributed by atoms with Crippen LogP contribution in [0.1, 0.15) is 0 Å². The molecule has 2 rings (SSSR count). The highest BCUT2D eigenvalue weighted by atomic mass is 31.2. The van der Waals surface area contributed by atoms with Gasteiger partial charge in [-0.1, -0.05) is 36.4 Å². The molecule has 0 aliphatic heterocycles. The smallest absolute Gasteiger partial charge is 0.309 e. The van der Waals surface area contributed by atoms with Gasteiger partial charge in [0.2, 0.25) is 0 Å². The number of halogens is 1. The lowest BCUT2D eigenvalue weighted by Crippen LogP contribution is -2.00. The van der Waals surface area contributed by atoms with Gasteiger partial charge >= 0.3 is 8.46 Å². The van der Waals surface area contributed by atoms with Gasteiger partial charge in [0.25, 0.3) is 0 Å². The molecule has 0 bridgehead atoms. The summed E-state index contributed by atoms with van der Waals surface area (Å²) in [7, 11) is -2.05. The van der Waals surface area contributed by atoms with Crippen molar-refractivity contribution in [3.05, 3.63) is 60.7 Å². The minimum absolute atomic E-state index is 0.565. The second-order valence-corrected chi connectivity index (χ2v) is 4.17. The molecule has 0 aliphatic carbocycles. The van der Waals surface area contributed by atoms with Gasteiger partial charge in [-0.15, -0.1) is 0 Å². The minimum Gasteiger partial charge on any atom is -0.441 e. The Morgan fingerprint density at radius 3 is 1.93 bits per heavy atom. The van der Waals surface area contributed by atoms with E-state index in [0.717, 1.165) is 0 Å². The zero-order chi connectivity index (χ0) is 10.5. The number of rotatable bonds is 3.